The zero-order valence-electron chi connectivity index (χ0n) is 6.11. The van der Waals surface area contributed by atoms with Gasteiger partial charge in [0.05, 0.1) is 0 Å². The van der Waals surface area contributed by atoms with E-state index >= 15 is 0 Å². The van der Waals surface area contributed by atoms with Crippen molar-refractivity contribution in [3.63, 3.8) is 0 Å². The van der Waals surface area contributed by atoms with E-state index < -0.39 is 5.54 Å². The van der Waals surface area contributed by atoms with Crippen LogP contribution in [-0.4, -0.2) is 30.1 Å². The average Bonchev–Trinajstić information content (AvgIpc) is 1.96. The highest BCUT2D eigenvalue weighted by molar-refractivity contribution is 5.77. The molecular weight excluding hydrogens is 128 g/mol. The minimum atomic E-state index is -0.547. The van der Waals surface area contributed by atoms with Crippen LogP contribution >= 0.6 is 0 Å². The van der Waals surface area contributed by atoms with Crippen molar-refractivity contribution < 1.29 is 4.79 Å². The molecule has 1 atom stereocenters. The zero-order chi connectivity index (χ0) is 7.61. The van der Waals surface area contributed by atoms with Gasteiger partial charge in [0.1, 0.15) is 5.54 Å². The number of hydrazone groups is 1. The van der Waals surface area contributed by atoms with Gasteiger partial charge < -0.3 is 4.79 Å². The summed E-state index contributed by atoms with van der Waals surface area (Å²) in [5.74, 6) is 0. The number of hydrogen-bond donors (Lipinski definition) is 0. The first-order valence-electron chi connectivity index (χ1n) is 3.11. The summed E-state index contributed by atoms with van der Waals surface area (Å²) >= 11 is 0. The molecule has 1 heterocycles. The number of carbonyl (C=O) groups is 1. The first-order valence-corrected chi connectivity index (χ1v) is 3.11. The van der Waals surface area contributed by atoms with Crippen molar-refractivity contribution in [3.8, 4) is 0 Å². The van der Waals surface area contributed by atoms with Gasteiger partial charge in [-0.05, 0) is 19.1 Å². The predicted octanol–water partition coefficient (Wildman–Crippen LogP) is 0.431. The maximum absolute atomic E-state index is 10.5. The number of allylic oxidation sites excluding steroid dienone is 1. The number of hydrogen-bond acceptors (Lipinski definition) is 3. The van der Waals surface area contributed by atoms with Gasteiger partial charge in [0.25, 0.3) is 0 Å². The maximum atomic E-state index is 10.5. The Kier molecular flexibility index (Phi) is 1.57. The monoisotopic (exact) mass is 138 g/mol. The Morgan fingerprint density at radius 1 is 1.70 bits per heavy atom. The second-order valence-electron chi connectivity index (χ2n) is 2.49. The number of aldehydes is 1. The van der Waals surface area contributed by atoms with Crippen LogP contribution in [0.15, 0.2) is 17.3 Å². The molecule has 3 heteroatoms. The highest BCUT2D eigenvalue weighted by Crippen LogP contribution is 2.14. The molecule has 0 aromatic rings. The van der Waals surface area contributed by atoms with Gasteiger partial charge in [0.15, 0.2) is 6.29 Å². The third kappa shape index (κ3) is 0.943. The summed E-state index contributed by atoms with van der Waals surface area (Å²) in [6.45, 7) is 1.81. The average molecular weight is 138 g/mol. The van der Waals surface area contributed by atoms with Crippen LogP contribution in [0, 0.1) is 0 Å². The molecule has 54 valence electrons. The van der Waals surface area contributed by atoms with Crippen molar-refractivity contribution >= 4 is 12.5 Å². The lowest BCUT2D eigenvalue weighted by Gasteiger charge is -2.30. The topological polar surface area (TPSA) is 32.7 Å². The van der Waals surface area contributed by atoms with Crippen LogP contribution < -0.4 is 0 Å². The van der Waals surface area contributed by atoms with E-state index in [2.05, 4.69) is 5.10 Å². The molecule has 1 unspecified atom stereocenters. The third-order valence-corrected chi connectivity index (χ3v) is 1.70. The van der Waals surface area contributed by atoms with Crippen molar-refractivity contribution in [3.05, 3.63) is 12.2 Å². The van der Waals surface area contributed by atoms with Gasteiger partial charge >= 0.3 is 0 Å². The number of nitrogens with zero attached hydrogens (tertiary/aromatic N) is 2. The molecule has 1 rings (SSSR count). The van der Waals surface area contributed by atoms with Crippen LogP contribution in [0.25, 0.3) is 0 Å². The molecule has 3 nitrogen and oxygen atoms in total. The van der Waals surface area contributed by atoms with E-state index in [9.17, 15) is 4.79 Å². The van der Waals surface area contributed by atoms with E-state index in [4.69, 9.17) is 0 Å². The molecule has 0 aromatic heterocycles. The minimum absolute atomic E-state index is 0.547. The number of carbonyl (C=O) groups excluding carboxylic acids is 1. The van der Waals surface area contributed by atoms with Gasteiger partial charge in [-0.25, -0.2) is 0 Å². The zero-order valence-corrected chi connectivity index (χ0v) is 6.11. The number of rotatable bonds is 1. The molecule has 0 radical (unpaired) electrons. The first-order chi connectivity index (χ1) is 4.69. The van der Waals surface area contributed by atoms with Gasteiger partial charge in [-0.2, -0.15) is 5.10 Å². The predicted molar refractivity (Wildman–Crippen MR) is 39.9 cm³/mol. The van der Waals surface area contributed by atoms with E-state index in [0.717, 1.165) is 6.29 Å². The van der Waals surface area contributed by atoms with Crippen molar-refractivity contribution in [2.24, 2.45) is 5.10 Å². The molecule has 0 aromatic carbocycles. The van der Waals surface area contributed by atoms with Crippen molar-refractivity contribution in [1.82, 2.24) is 5.01 Å². The van der Waals surface area contributed by atoms with Crippen LogP contribution in [0.5, 0.6) is 0 Å². The van der Waals surface area contributed by atoms with Crippen molar-refractivity contribution in [2.75, 3.05) is 7.05 Å². The van der Waals surface area contributed by atoms with Crippen LogP contribution in [-0.2, 0) is 4.79 Å². The minimum Gasteiger partial charge on any atom is -0.300 e. The molecule has 0 aliphatic carbocycles. The first kappa shape index (κ1) is 6.99. The van der Waals surface area contributed by atoms with Crippen LogP contribution in [0.1, 0.15) is 6.92 Å². The Morgan fingerprint density at radius 3 is 2.80 bits per heavy atom. The fraction of sp³-hybridized carbons (Fsp3) is 0.429. The lowest BCUT2D eigenvalue weighted by molar-refractivity contribution is -0.114. The summed E-state index contributed by atoms with van der Waals surface area (Å²) in [6.07, 6.45) is 6.12. The van der Waals surface area contributed by atoms with Gasteiger partial charge in [0.2, 0.25) is 0 Å². The quantitative estimate of drug-likeness (QED) is 0.492. The molecule has 1 aliphatic rings. The summed E-state index contributed by atoms with van der Waals surface area (Å²) in [6, 6.07) is 0. The smallest absolute Gasteiger partial charge is 0.150 e. The Bertz CT molecular complexity index is 198. The van der Waals surface area contributed by atoms with Gasteiger partial charge in [-0.3, -0.25) is 5.01 Å². The SMILES string of the molecule is CN1N=CC=CC1(C)C=O. The number of likely N-dealkylation sites (N-methyl/N-ethyl adjacent to an activating group) is 1. The third-order valence-electron chi connectivity index (χ3n) is 1.70. The maximum Gasteiger partial charge on any atom is 0.150 e. The van der Waals surface area contributed by atoms with E-state index in [1.54, 1.807) is 24.3 Å². The van der Waals surface area contributed by atoms with Crippen molar-refractivity contribution in [1.29, 1.82) is 0 Å². The van der Waals surface area contributed by atoms with Crippen LogP contribution in [0.4, 0.5) is 0 Å². The molecule has 0 spiro atoms. The standard InChI is InChI=1S/C7H10N2O/c1-7(6-10)4-3-5-8-9(7)2/h3-6H,1-2H3. The van der Waals surface area contributed by atoms with Gasteiger partial charge in [-0.15, -0.1) is 0 Å². The molecule has 0 bridgehead atoms. The fourth-order valence-corrected chi connectivity index (χ4v) is 0.724. The second-order valence-corrected chi connectivity index (χ2v) is 2.49. The lowest BCUT2D eigenvalue weighted by Crippen LogP contribution is -2.41. The molecular formula is C7H10N2O. The molecule has 0 saturated carbocycles. The lowest BCUT2D eigenvalue weighted by atomic mass is 10.0. The molecule has 0 amide bonds. The summed E-state index contributed by atoms with van der Waals surface area (Å²) < 4.78 is 0. The second kappa shape index (κ2) is 2.25. The summed E-state index contributed by atoms with van der Waals surface area (Å²) in [5, 5.41) is 5.57. The van der Waals surface area contributed by atoms with E-state index in [1.807, 2.05) is 13.0 Å². The molecule has 0 saturated heterocycles. The summed E-state index contributed by atoms with van der Waals surface area (Å²) in [5.41, 5.74) is -0.547. The van der Waals surface area contributed by atoms with Gasteiger partial charge in [0, 0.05) is 13.3 Å². The fourth-order valence-electron chi connectivity index (χ4n) is 0.724. The Balaban J connectivity index is 2.87. The largest absolute Gasteiger partial charge is 0.300 e. The highest BCUT2D eigenvalue weighted by atomic mass is 16.1. The summed E-state index contributed by atoms with van der Waals surface area (Å²) in [4.78, 5) is 10.5. The molecule has 0 N–H and O–H groups in total. The summed E-state index contributed by atoms with van der Waals surface area (Å²) in [7, 11) is 1.77. The van der Waals surface area contributed by atoms with Crippen LogP contribution in [0.3, 0.4) is 0 Å². The van der Waals surface area contributed by atoms with E-state index in [1.165, 1.54) is 0 Å². The Labute approximate surface area is 60.0 Å². The highest BCUT2D eigenvalue weighted by Gasteiger charge is 2.25. The van der Waals surface area contributed by atoms with E-state index in [0.29, 0.717) is 0 Å². The molecule has 0 fully saturated rings. The van der Waals surface area contributed by atoms with Crippen LogP contribution in [0.2, 0.25) is 0 Å². The molecule has 10 heavy (non-hydrogen) atoms. The van der Waals surface area contributed by atoms with Crippen molar-refractivity contribution in [2.45, 2.75) is 12.5 Å². The molecule has 1 aliphatic heterocycles. The van der Waals surface area contributed by atoms with Gasteiger partial charge in [-0.1, -0.05) is 0 Å². The van der Waals surface area contributed by atoms with E-state index in [-0.39, 0.29) is 0 Å². The Morgan fingerprint density at radius 2 is 2.40 bits per heavy atom. The normalized spacial score (nSPS) is 30.8. The Hall–Kier alpha value is -1.12.